The summed E-state index contributed by atoms with van der Waals surface area (Å²) in [5.74, 6) is 0. The van der Waals surface area contributed by atoms with Crippen LogP contribution in [0.25, 0.3) is 45.5 Å². The van der Waals surface area contributed by atoms with Crippen LogP contribution in [0, 0.1) is 0 Å². The first-order valence-electron chi connectivity index (χ1n) is 25.1. The number of para-hydroxylation sites is 2. The van der Waals surface area contributed by atoms with Gasteiger partial charge in [0.15, 0.2) is 0 Å². The molecule has 0 saturated carbocycles. The molecule has 4 aliphatic rings. The zero-order valence-electron chi connectivity index (χ0n) is 39.5. The Morgan fingerprint density at radius 1 is 0.286 bits per heavy atom. The third-order valence-electron chi connectivity index (χ3n) is 16.8. The maximum atomic E-state index is 2.55. The molecule has 0 N–H and O–H groups in total. The number of benzene rings is 10. The van der Waals surface area contributed by atoms with Crippen molar-refractivity contribution in [2.45, 2.75) is 42.9 Å². The Kier molecular flexibility index (Phi) is 8.96. The van der Waals surface area contributed by atoms with Gasteiger partial charge in [0.2, 0.25) is 0 Å². The fourth-order valence-electron chi connectivity index (χ4n) is 13.9. The molecule has 2 spiro atoms. The average Bonchev–Trinajstić information content (AvgIpc) is 4.01. The number of hydrogen-bond donors (Lipinski definition) is 0. The number of hydrogen-bond acceptors (Lipinski definition) is 1. The molecule has 0 atom stereocenters. The van der Waals surface area contributed by atoms with E-state index < -0.39 is 10.8 Å². The monoisotopic (exact) mass is 893 g/mol. The van der Waals surface area contributed by atoms with Crippen molar-refractivity contribution in [2.24, 2.45) is 0 Å². The van der Waals surface area contributed by atoms with Gasteiger partial charge in [-0.25, -0.2) is 0 Å². The molecule has 0 unspecified atom stereocenters. The molecule has 0 amide bonds. The summed E-state index contributed by atoms with van der Waals surface area (Å²) < 4.78 is 0. The van der Waals surface area contributed by atoms with E-state index in [4.69, 9.17) is 0 Å². The van der Waals surface area contributed by atoms with Gasteiger partial charge in [0, 0.05) is 22.5 Å². The van der Waals surface area contributed by atoms with Gasteiger partial charge in [-0.2, -0.15) is 0 Å². The summed E-state index contributed by atoms with van der Waals surface area (Å²) in [6.07, 6.45) is 6.75. The van der Waals surface area contributed by atoms with Crippen LogP contribution >= 0.6 is 0 Å². The van der Waals surface area contributed by atoms with Gasteiger partial charge in [0.25, 0.3) is 0 Å². The van der Waals surface area contributed by atoms with Crippen molar-refractivity contribution < 1.29 is 0 Å². The summed E-state index contributed by atoms with van der Waals surface area (Å²) in [6.45, 7) is 4.75. The van der Waals surface area contributed by atoms with Gasteiger partial charge in [-0.05, 0) is 155 Å². The third kappa shape index (κ3) is 5.33. The molecule has 70 heavy (non-hydrogen) atoms. The molecule has 0 radical (unpaired) electrons. The van der Waals surface area contributed by atoms with Crippen LogP contribution in [-0.2, 0) is 16.2 Å². The van der Waals surface area contributed by atoms with E-state index in [2.05, 4.69) is 267 Å². The van der Waals surface area contributed by atoms with E-state index in [0.717, 1.165) is 24.2 Å². The Labute approximate surface area is 411 Å². The van der Waals surface area contributed by atoms with Crippen molar-refractivity contribution in [3.63, 3.8) is 0 Å². The molecule has 0 aromatic heterocycles. The smallest absolute Gasteiger partial charge is 0.0720 e. The van der Waals surface area contributed by atoms with Crippen LogP contribution < -0.4 is 4.90 Å². The number of nitrogens with zero attached hydrogens (tertiary/aromatic N) is 1. The van der Waals surface area contributed by atoms with E-state index in [1.165, 1.54) is 106 Å². The molecule has 332 valence electrons. The summed E-state index contributed by atoms with van der Waals surface area (Å²) in [6, 6.07) is 89.4. The summed E-state index contributed by atoms with van der Waals surface area (Å²) in [7, 11) is 0. The molecule has 14 rings (SSSR count). The van der Waals surface area contributed by atoms with Crippen LogP contribution in [0.2, 0.25) is 0 Å². The normalized spacial score (nSPS) is 15.1. The summed E-state index contributed by atoms with van der Waals surface area (Å²) in [5, 5.41) is 0. The molecule has 0 bridgehead atoms. The van der Waals surface area contributed by atoms with Crippen LogP contribution in [0.15, 0.2) is 237 Å². The fraction of sp³-hybridized carbons (Fsp3) is 0.101. The molecule has 10 aromatic rings. The number of anilines is 3. The summed E-state index contributed by atoms with van der Waals surface area (Å²) in [4.78, 5) is 2.39. The zero-order chi connectivity index (χ0) is 46.6. The van der Waals surface area contributed by atoms with Crippen LogP contribution in [0.4, 0.5) is 17.1 Å². The highest BCUT2D eigenvalue weighted by Gasteiger charge is 2.59. The lowest BCUT2D eigenvalue weighted by Crippen LogP contribution is -2.43. The van der Waals surface area contributed by atoms with Crippen molar-refractivity contribution >= 4 is 29.2 Å². The summed E-state index contributed by atoms with van der Waals surface area (Å²) in [5.41, 5.74) is 26.5. The second-order valence-corrected chi connectivity index (χ2v) is 19.7. The molecule has 10 aromatic carbocycles. The quantitative estimate of drug-likeness (QED) is 0.144. The minimum absolute atomic E-state index is 0.111. The van der Waals surface area contributed by atoms with Crippen LogP contribution in [0.5, 0.6) is 0 Å². The molecule has 0 aliphatic heterocycles. The highest BCUT2D eigenvalue weighted by molar-refractivity contribution is 5.94. The van der Waals surface area contributed by atoms with Gasteiger partial charge in [-0.1, -0.05) is 220 Å². The summed E-state index contributed by atoms with van der Waals surface area (Å²) >= 11 is 0. The van der Waals surface area contributed by atoms with Gasteiger partial charge in [0.1, 0.15) is 0 Å². The molecule has 4 aliphatic carbocycles. The lowest BCUT2D eigenvalue weighted by molar-refractivity contribution is 0.490. The molecule has 1 heteroatoms. The minimum Gasteiger partial charge on any atom is -0.310 e. The Balaban J connectivity index is 0.934. The Morgan fingerprint density at radius 3 is 1.10 bits per heavy atom. The Morgan fingerprint density at radius 2 is 0.629 bits per heavy atom. The van der Waals surface area contributed by atoms with E-state index in [0.29, 0.717) is 0 Å². The van der Waals surface area contributed by atoms with Gasteiger partial charge in [0.05, 0.1) is 10.8 Å². The Hall–Kier alpha value is -8.26. The minimum atomic E-state index is -0.517. The van der Waals surface area contributed by atoms with Crippen LogP contribution in [0.3, 0.4) is 0 Å². The van der Waals surface area contributed by atoms with Crippen molar-refractivity contribution in [1.82, 2.24) is 0 Å². The van der Waals surface area contributed by atoms with E-state index >= 15 is 0 Å². The zero-order valence-corrected chi connectivity index (χ0v) is 39.5. The average molecular weight is 894 g/mol. The lowest BCUT2D eigenvalue weighted by atomic mass is 9.52. The van der Waals surface area contributed by atoms with E-state index in [1.807, 2.05) is 0 Å². The Bertz CT molecular complexity index is 3630. The first-order chi connectivity index (χ1) is 34.6. The van der Waals surface area contributed by atoms with Gasteiger partial charge in [-0.3, -0.25) is 0 Å². The van der Waals surface area contributed by atoms with Crippen molar-refractivity contribution in [3.05, 3.63) is 303 Å². The molecular formula is C69H51N. The number of rotatable bonds is 7. The van der Waals surface area contributed by atoms with Crippen molar-refractivity contribution in [3.8, 4) is 33.4 Å². The maximum absolute atomic E-state index is 2.55. The van der Waals surface area contributed by atoms with Gasteiger partial charge < -0.3 is 4.90 Å². The number of fused-ring (bicyclic) bond motifs is 19. The molecule has 0 saturated heterocycles. The van der Waals surface area contributed by atoms with E-state index in [-0.39, 0.29) is 5.41 Å². The van der Waals surface area contributed by atoms with Crippen LogP contribution in [-0.4, -0.2) is 0 Å². The second-order valence-electron chi connectivity index (χ2n) is 19.7. The van der Waals surface area contributed by atoms with E-state index in [1.54, 1.807) is 0 Å². The molecule has 0 heterocycles. The molecular weight excluding hydrogens is 843 g/mol. The SMILES string of the molecule is CCC1(CC)c2cc(/C=C/c3ccc4c(c3)C3(c5ccccc5-c5ccccc53)c3ccccc3C43c4ccccc4-c4ccccc43)ccc2-c2ccc(N(c3ccccc3)c3ccccc3)cc21. The first kappa shape index (κ1) is 40.8. The lowest BCUT2D eigenvalue weighted by Gasteiger charge is -2.49. The van der Waals surface area contributed by atoms with Crippen molar-refractivity contribution in [1.29, 1.82) is 0 Å². The molecule has 1 nitrogen and oxygen atoms in total. The second kappa shape index (κ2) is 15.4. The van der Waals surface area contributed by atoms with E-state index in [9.17, 15) is 0 Å². The largest absolute Gasteiger partial charge is 0.310 e. The predicted octanol–water partition coefficient (Wildman–Crippen LogP) is 17.5. The predicted molar refractivity (Wildman–Crippen MR) is 291 cm³/mol. The standard InChI is InChI=1S/C69H51N/c1-3-67(4-2)64-43-46(37-40-55(64)56-41-39-50(45-65(56)67)70(48-21-7-5-8-22-48)49-23-9-6-10-24-49)35-36-47-38-42-63-66(44-47)69(59-31-17-13-27-53(59)54-28-14-18-32-60(54)69)62-34-20-19-33-61(62)68(63)57-29-15-11-25-51(57)52-26-12-16-30-58(52)68/h5-45H,3-4H2,1-2H3/b36-35+. The van der Waals surface area contributed by atoms with Gasteiger partial charge >= 0.3 is 0 Å². The molecule has 0 fully saturated rings. The van der Waals surface area contributed by atoms with Gasteiger partial charge in [-0.15, -0.1) is 0 Å². The highest BCUT2D eigenvalue weighted by Crippen LogP contribution is 2.67. The topological polar surface area (TPSA) is 3.24 Å². The highest BCUT2D eigenvalue weighted by atomic mass is 15.1. The van der Waals surface area contributed by atoms with Crippen molar-refractivity contribution in [2.75, 3.05) is 4.90 Å². The fourth-order valence-corrected chi connectivity index (χ4v) is 13.9. The first-order valence-corrected chi connectivity index (χ1v) is 25.1. The third-order valence-corrected chi connectivity index (χ3v) is 16.8. The van der Waals surface area contributed by atoms with Crippen LogP contribution in [0.1, 0.15) is 93.5 Å². The maximum Gasteiger partial charge on any atom is 0.0720 e.